The van der Waals surface area contributed by atoms with Crippen molar-refractivity contribution in [2.75, 3.05) is 19.7 Å². The van der Waals surface area contributed by atoms with Crippen LogP contribution in [0.2, 0.25) is 0 Å². The molecule has 248 valence electrons. The van der Waals surface area contributed by atoms with Crippen LogP contribution in [0.1, 0.15) is 44.7 Å². The Labute approximate surface area is 279 Å². The Kier molecular flexibility index (Phi) is 13.4. The molecule has 0 unspecified atom stereocenters. The van der Waals surface area contributed by atoms with E-state index in [1.165, 1.54) is 5.01 Å². The number of carbonyl (C=O) groups is 3. The zero-order chi connectivity index (χ0) is 34.1. The average molecular weight is 650 g/mol. The van der Waals surface area contributed by atoms with Crippen LogP contribution in [0.4, 0.5) is 0 Å². The van der Waals surface area contributed by atoms with Gasteiger partial charge in [-0.25, -0.2) is 15.4 Å². The van der Waals surface area contributed by atoms with Crippen LogP contribution in [-0.4, -0.2) is 52.6 Å². The number of aliphatic carboxylic acids is 1. The molecule has 11 nitrogen and oxygen atoms in total. The summed E-state index contributed by atoms with van der Waals surface area (Å²) in [5.74, 6) is 0.539. The molecule has 0 aliphatic carbocycles. The van der Waals surface area contributed by atoms with E-state index in [1.807, 2.05) is 92.7 Å². The molecule has 0 aliphatic heterocycles. The molecule has 0 aliphatic rings. The second-order valence-electron chi connectivity index (χ2n) is 10.5. The summed E-state index contributed by atoms with van der Waals surface area (Å²) in [5.41, 5.74) is 11.7. The fourth-order valence-corrected chi connectivity index (χ4v) is 4.47. The smallest absolute Gasteiger partial charge is 0.319 e. The van der Waals surface area contributed by atoms with Gasteiger partial charge in [0.1, 0.15) is 18.1 Å². The molecule has 1 heterocycles. The predicted molar refractivity (Wildman–Crippen MR) is 182 cm³/mol. The Hall–Kier alpha value is -5.78. The minimum Gasteiger partial charge on any atom is -0.493 e. The Balaban J connectivity index is 0.000000365. The Morgan fingerprint density at radius 3 is 1.98 bits per heavy atom. The van der Waals surface area contributed by atoms with Crippen LogP contribution in [-0.2, 0) is 17.8 Å². The van der Waals surface area contributed by atoms with E-state index >= 15 is 0 Å². The highest BCUT2D eigenvalue weighted by Gasteiger charge is 2.15. The topological polar surface area (TPSA) is 146 Å². The summed E-state index contributed by atoms with van der Waals surface area (Å²) in [4.78, 5) is 39.6. The van der Waals surface area contributed by atoms with Crippen LogP contribution >= 0.6 is 0 Å². The average Bonchev–Trinajstić information content (AvgIpc) is 3.49. The summed E-state index contributed by atoms with van der Waals surface area (Å²) in [5, 5.41) is 10.6. The van der Waals surface area contributed by atoms with Crippen molar-refractivity contribution in [3.63, 3.8) is 0 Å². The lowest BCUT2D eigenvalue weighted by Crippen LogP contribution is -2.44. The largest absolute Gasteiger partial charge is 0.493 e. The van der Waals surface area contributed by atoms with Gasteiger partial charge in [-0.3, -0.25) is 25.2 Å². The molecule has 2 amide bonds. The molecule has 4 aromatic carbocycles. The van der Waals surface area contributed by atoms with Crippen LogP contribution in [0.25, 0.3) is 11.5 Å². The maximum absolute atomic E-state index is 12.4. The van der Waals surface area contributed by atoms with E-state index in [9.17, 15) is 19.5 Å². The highest BCUT2D eigenvalue weighted by Crippen LogP contribution is 2.22. The third-order valence-electron chi connectivity index (χ3n) is 6.85. The van der Waals surface area contributed by atoms with E-state index in [0.717, 1.165) is 29.1 Å². The van der Waals surface area contributed by atoms with Crippen molar-refractivity contribution in [2.24, 2.45) is 0 Å². The number of aromatic nitrogens is 1. The number of rotatable bonds is 14. The maximum atomic E-state index is 12.4. The van der Waals surface area contributed by atoms with Gasteiger partial charge in [0.05, 0.1) is 12.3 Å². The molecule has 0 radical (unpaired) electrons. The van der Waals surface area contributed by atoms with E-state index in [4.69, 9.17) is 9.15 Å². The molecule has 4 N–H and O–H groups in total. The van der Waals surface area contributed by atoms with Crippen LogP contribution in [0.3, 0.4) is 0 Å². The first-order valence-electron chi connectivity index (χ1n) is 15.5. The minimum absolute atomic E-state index is 0.0996. The van der Waals surface area contributed by atoms with E-state index < -0.39 is 5.97 Å². The molecule has 5 rings (SSSR count). The van der Waals surface area contributed by atoms with Gasteiger partial charge in [0.15, 0.2) is 0 Å². The van der Waals surface area contributed by atoms with Gasteiger partial charge in [-0.1, -0.05) is 73.7 Å². The lowest BCUT2D eigenvalue weighted by molar-refractivity contribution is -0.139. The first-order valence-corrected chi connectivity index (χ1v) is 15.5. The highest BCUT2D eigenvalue weighted by atomic mass is 16.5. The van der Waals surface area contributed by atoms with Crippen molar-refractivity contribution < 1.29 is 28.6 Å². The van der Waals surface area contributed by atoms with Gasteiger partial charge in [0, 0.05) is 36.2 Å². The van der Waals surface area contributed by atoms with E-state index in [2.05, 4.69) is 21.3 Å². The normalized spacial score (nSPS) is 10.5. The van der Waals surface area contributed by atoms with Gasteiger partial charge in [-0.2, -0.15) is 0 Å². The minimum atomic E-state index is -1.04. The van der Waals surface area contributed by atoms with Crippen LogP contribution in [0.15, 0.2) is 120 Å². The molecule has 48 heavy (non-hydrogen) atoms. The molecular formula is C37H39N5O6. The summed E-state index contributed by atoms with van der Waals surface area (Å²) >= 11 is 0. The number of nitrogens with zero attached hydrogens (tertiary/aromatic N) is 2. The molecule has 0 spiro atoms. The Bertz CT molecular complexity index is 1730. The summed E-state index contributed by atoms with van der Waals surface area (Å²) in [6, 6.07) is 34.8. The summed E-state index contributed by atoms with van der Waals surface area (Å²) < 4.78 is 11.7. The summed E-state index contributed by atoms with van der Waals surface area (Å²) in [6.07, 6.45) is 0.599. The highest BCUT2D eigenvalue weighted by molar-refractivity contribution is 5.94. The van der Waals surface area contributed by atoms with Crippen molar-refractivity contribution in [3.05, 3.63) is 143 Å². The van der Waals surface area contributed by atoms with Gasteiger partial charge >= 0.3 is 5.97 Å². The van der Waals surface area contributed by atoms with E-state index in [1.54, 1.807) is 36.4 Å². The van der Waals surface area contributed by atoms with Gasteiger partial charge in [-0.15, -0.1) is 0 Å². The van der Waals surface area contributed by atoms with Crippen LogP contribution < -0.4 is 21.0 Å². The number of carbonyl (C=O) groups excluding carboxylic acids is 2. The van der Waals surface area contributed by atoms with Crippen molar-refractivity contribution in [1.29, 1.82) is 0 Å². The standard InChI is InChI=1S/C28H27N3O5.C9H12N2O/c1-20-25(29-28(36-20)23-10-6-3-7-11-23)16-17-35-24-14-12-21(13-15-24)18-31(19-26(32)33)30-27(34)22-8-4-2-5-9-22;1-2-10-11-9(12)8-6-4-3-5-7-8/h2-15H,16-19H2,1H3,(H,30,34)(H,32,33);3-7,10H,2H2,1H3,(H,11,12). The summed E-state index contributed by atoms with van der Waals surface area (Å²) in [7, 11) is 0. The van der Waals surface area contributed by atoms with Gasteiger partial charge in [0.25, 0.3) is 11.8 Å². The fraction of sp³-hybridized carbons (Fsp3) is 0.189. The van der Waals surface area contributed by atoms with Gasteiger partial charge in [-0.05, 0) is 61.0 Å². The molecule has 0 fully saturated rings. The second kappa shape index (κ2) is 18.4. The number of hydrogen-bond donors (Lipinski definition) is 4. The molecule has 1 aromatic heterocycles. The molecular weight excluding hydrogens is 610 g/mol. The van der Waals surface area contributed by atoms with Gasteiger partial charge < -0.3 is 14.3 Å². The van der Waals surface area contributed by atoms with Crippen LogP contribution in [0.5, 0.6) is 5.75 Å². The second-order valence-corrected chi connectivity index (χ2v) is 10.5. The molecule has 0 saturated carbocycles. The number of hydrogen-bond acceptors (Lipinski definition) is 8. The number of benzene rings is 4. The molecule has 11 heteroatoms. The number of nitrogens with one attached hydrogen (secondary N) is 3. The quantitative estimate of drug-likeness (QED) is 0.116. The van der Waals surface area contributed by atoms with Crippen molar-refractivity contribution in [1.82, 2.24) is 26.3 Å². The number of amides is 2. The lowest BCUT2D eigenvalue weighted by atomic mass is 10.2. The number of carboxylic acid groups (broad SMARTS) is 1. The first-order chi connectivity index (χ1) is 23.3. The third-order valence-corrected chi connectivity index (χ3v) is 6.85. The first kappa shape index (κ1) is 35.1. The number of aryl methyl sites for hydroxylation is 1. The van der Waals surface area contributed by atoms with Crippen LogP contribution in [0, 0.1) is 6.92 Å². The SMILES string of the molecule is CCNNC(=O)c1ccccc1.Cc1oc(-c2ccccc2)nc1CCOc1ccc(CN(CC(=O)O)NC(=O)c2ccccc2)cc1. The third kappa shape index (κ3) is 11.2. The van der Waals surface area contributed by atoms with E-state index in [-0.39, 0.29) is 24.9 Å². The number of carboxylic acids is 1. The molecule has 5 aromatic rings. The van der Waals surface area contributed by atoms with Crippen molar-refractivity contribution in [2.45, 2.75) is 26.8 Å². The lowest BCUT2D eigenvalue weighted by Gasteiger charge is -2.21. The molecule has 0 atom stereocenters. The number of oxazole rings is 1. The predicted octanol–water partition coefficient (Wildman–Crippen LogP) is 5.44. The number of ether oxygens (including phenoxy) is 1. The van der Waals surface area contributed by atoms with E-state index in [0.29, 0.717) is 35.8 Å². The van der Waals surface area contributed by atoms with Crippen molar-refractivity contribution >= 4 is 17.8 Å². The van der Waals surface area contributed by atoms with Crippen molar-refractivity contribution in [3.8, 4) is 17.2 Å². The number of hydrazine groups is 2. The molecule has 0 saturated heterocycles. The Morgan fingerprint density at radius 2 is 1.40 bits per heavy atom. The zero-order valence-corrected chi connectivity index (χ0v) is 26.9. The van der Waals surface area contributed by atoms with Gasteiger partial charge in [0.2, 0.25) is 5.89 Å². The monoisotopic (exact) mass is 649 g/mol. The maximum Gasteiger partial charge on any atom is 0.319 e. The molecule has 0 bridgehead atoms. The Morgan fingerprint density at radius 1 is 0.812 bits per heavy atom. The fourth-order valence-electron chi connectivity index (χ4n) is 4.47. The zero-order valence-electron chi connectivity index (χ0n) is 26.9. The summed E-state index contributed by atoms with van der Waals surface area (Å²) in [6.45, 7) is 4.86.